The van der Waals surface area contributed by atoms with Crippen molar-refractivity contribution in [1.29, 1.82) is 0 Å². The molecule has 6 heteroatoms. The Morgan fingerprint density at radius 1 is 1.00 bits per heavy atom. The van der Waals surface area contributed by atoms with E-state index in [4.69, 9.17) is 4.74 Å². The Balaban J connectivity index is 1.62. The van der Waals surface area contributed by atoms with Crippen LogP contribution in [0.3, 0.4) is 0 Å². The van der Waals surface area contributed by atoms with E-state index in [1.54, 1.807) is 36.2 Å². The molecule has 0 radical (unpaired) electrons. The second kappa shape index (κ2) is 10.1. The molecule has 0 aliphatic heterocycles. The first kappa shape index (κ1) is 21.6. The predicted octanol–water partition coefficient (Wildman–Crippen LogP) is 5.31. The highest BCUT2D eigenvalue weighted by molar-refractivity contribution is 9.10. The molecule has 30 heavy (non-hydrogen) atoms. The quantitative estimate of drug-likeness (QED) is 0.513. The smallest absolute Gasteiger partial charge is 0.262 e. The maximum atomic E-state index is 12.8. The Bertz CT molecular complexity index is 1040. The number of hydrogen-bond donors (Lipinski definition) is 1. The van der Waals surface area contributed by atoms with Crippen LogP contribution in [0, 0.1) is 0 Å². The molecule has 0 atom stereocenters. The largest absolute Gasteiger partial charge is 0.483 e. The Morgan fingerprint density at radius 3 is 2.47 bits per heavy atom. The first-order valence-corrected chi connectivity index (χ1v) is 10.4. The number of anilines is 2. The van der Waals surface area contributed by atoms with Gasteiger partial charge in [-0.05, 0) is 70.4 Å². The number of nitrogens with one attached hydrogen (secondary N) is 1. The summed E-state index contributed by atoms with van der Waals surface area (Å²) >= 11 is 3.46. The highest BCUT2D eigenvalue weighted by atomic mass is 79.9. The van der Waals surface area contributed by atoms with Crippen LogP contribution in [0.15, 0.2) is 77.3 Å². The van der Waals surface area contributed by atoms with Gasteiger partial charge in [0.25, 0.3) is 11.8 Å². The average molecular weight is 467 g/mol. The van der Waals surface area contributed by atoms with Crippen molar-refractivity contribution >= 4 is 39.1 Å². The molecule has 0 fully saturated rings. The fourth-order valence-corrected chi connectivity index (χ4v) is 3.45. The summed E-state index contributed by atoms with van der Waals surface area (Å²) in [5.41, 5.74) is 3.00. The molecule has 0 spiro atoms. The Hall–Kier alpha value is -3.12. The monoisotopic (exact) mass is 466 g/mol. The third-order valence-electron chi connectivity index (χ3n) is 4.60. The van der Waals surface area contributed by atoms with Crippen molar-refractivity contribution in [2.24, 2.45) is 0 Å². The molecule has 0 saturated heterocycles. The number of amides is 2. The van der Waals surface area contributed by atoms with Crippen LogP contribution in [-0.2, 0) is 11.2 Å². The molecule has 0 aromatic heterocycles. The zero-order valence-electron chi connectivity index (χ0n) is 16.9. The van der Waals surface area contributed by atoms with Crippen molar-refractivity contribution < 1.29 is 14.3 Å². The van der Waals surface area contributed by atoms with E-state index in [0.29, 0.717) is 17.0 Å². The van der Waals surface area contributed by atoms with Gasteiger partial charge in [-0.1, -0.05) is 37.3 Å². The number of benzene rings is 3. The minimum atomic E-state index is -0.303. The fraction of sp³-hybridized carbons (Fsp3) is 0.167. The van der Waals surface area contributed by atoms with Crippen molar-refractivity contribution in [1.82, 2.24) is 0 Å². The van der Waals surface area contributed by atoms with Crippen molar-refractivity contribution in [2.75, 3.05) is 23.9 Å². The lowest BCUT2D eigenvalue weighted by Gasteiger charge is -2.17. The van der Waals surface area contributed by atoms with Gasteiger partial charge >= 0.3 is 0 Å². The van der Waals surface area contributed by atoms with Gasteiger partial charge in [0, 0.05) is 24.0 Å². The normalized spacial score (nSPS) is 10.4. The molecule has 3 rings (SSSR count). The van der Waals surface area contributed by atoms with Crippen LogP contribution < -0.4 is 15.0 Å². The molecular weight excluding hydrogens is 444 g/mol. The molecule has 0 heterocycles. The van der Waals surface area contributed by atoms with Gasteiger partial charge in [0.2, 0.25) is 0 Å². The van der Waals surface area contributed by atoms with E-state index in [2.05, 4.69) is 28.2 Å². The zero-order valence-corrected chi connectivity index (χ0v) is 18.5. The van der Waals surface area contributed by atoms with Crippen molar-refractivity contribution in [2.45, 2.75) is 13.3 Å². The highest BCUT2D eigenvalue weighted by Crippen LogP contribution is 2.26. The summed E-state index contributed by atoms with van der Waals surface area (Å²) < 4.78 is 6.42. The number of nitrogens with zero attached hydrogens (tertiary/aromatic N) is 1. The summed E-state index contributed by atoms with van der Waals surface area (Å²) in [7, 11) is 1.72. The minimum Gasteiger partial charge on any atom is -0.483 e. The lowest BCUT2D eigenvalue weighted by molar-refractivity contribution is -0.118. The van der Waals surface area contributed by atoms with E-state index in [1.165, 1.54) is 5.56 Å². The lowest BCUT2D eigenvalue weighted by Crippen LogP contribution is -2.26. The summed E-state index contributed by atoms with van der Waals surface area (Å²) in [5.74, 6) is 0.145. The number of aryl methyl sites for hydroxylation is 1. The Kier molecular flexibility index (Phi) is 7.25. The number of para-hydroxylation sites is 1. The summed E-state index contributed by atoms with van der Waals surface area (Å²) in [5, 5.41) is 2.78. The molecule has 3 aromatic rings. The van der Waals surface area contributed by atoms with Gasteiger partial charge in [-0.3, -0.25) is 9.59 Å². The van der Waals surface area contributed by atoms with Crippen LogP contribution >= 0.6 is 15.9 Å². The summed E-state index contributed by atoms with van der Waals surface area (Å²) in [6, 6.07) is 22.0. The van der Waals surface area contributed by atoms with Crippen LogP contribution in [-0.4, -0.2) is 25.5 Å². The number of rotatable bonds is 7. The number of halogens is 1. The van der Waals surface area contributed by atoms with E-state index in [0.717, 1.165) is 16.6 Å². The number of carbonyl (C=O) groups is 2. The number of carbonyl (C=O) groups excluding carboxylic acids is 2. The molecule has 0 unspecified atom stereocenters. The third-order valence-corrected chi connectivity index (χ3v) is 5.22. The molecule has 3 aromatic carbocycles. The van der Waals surface area contributed by atoms with Gasteiger partial charge in [0.1, 0.15) is 5.75 Å². The van der Waals surface area contributed by atoms with Crippen molar-refractivity contribution in [3.05, 3.63) is 88.4 Å². The minimum absolute atomic E-state index is 0.133. The third kappa shape index (κ3) is 5.48. The van der Waals surface area contributed by atoms with Crippen molar-refractivity contribution in [3.8, 4) is 5.75 Å². The molecule has 2 amide bonds. The molecular formula is C24H23BrN2O3. The summed E-state index contributed by atoms with van der Waals surface area (Å²) in [4.78, 5) is 26.6. The standard InChI is InChI=1S/C24H23BrN2O3/c1-3-17-12-13-22(21(25)14-17)30-16-23(28)26-19-9-7-8-18(15-19)24(29)27(2)20-10-5-4-6-11-20/h4-15H,3,16H2,1-2H3,(H,26,28). The van der Waals surface area contributed by atoms with Crippen LogP contribution in [0.4, 0.5) is 11.4 Å². The van der Waals surface area contributed by atoms with E-state index < -0.39 is 0 Å². The molecule has 5 nitrogen and oxygen atoms in total. The van der Waals surface area contributed by atoms with E-state index >= 15 is 0 Å². The van der Waals surface area contributed by atoms with Gasteiger partial charge in [-0.15, -0.1) is 0 Å². The molecule has 1 N–H and O–H groups in total. The molecule has 0 aliphatic rings. The van der Waals surface area contributed by atoms with Crippen LogP contribution in [0.25, 0.3) is 0 Å². The van der Waals surface area contributed by atoms with Crippen LogP contribution in [0.5, 0.6) is 5.75 Å². The van der Waals surface area contributed by atoms with Crippen molar-refractivity contribution in [3.63, 3.8) is 0 Å². The Morgan fingerprint density at radius 2 is 1.77 bits per heavy atom. The zero-order chi connectivity index (χ0) is 21.5. The molecule has 0 saturated carbocycles. The SMILES string of the molecule is CCc1ccc(OCC(=O)Nc2cccc(C(=O)N(C)c3ccccc3)c2)c(Br)c1. The number of hydrogen-bond acceptors (Lipinski definition) is 3. The second-order valence-electron chi connectivity index (χ2n) is 6.74. The molecule has 0 aliphatic carbocycles. The summed E-state index contributed by atoms with van der Waals surface area (Å²) in [6.07, 6.45) is 0.924. The maximum absolute atomic E-state index is 12.8. The lowest BCUT2D eigenvalue weighted by atomic mass is 10.1. The van der Waals surface area contributed by atoms with Crippen LogP contribution in [0.1, 0.15) is 22.8 Å². The predicted molar refractivity (Wildman–Crippen MR) is 123 cm³/mol. The topological polar surface area (TPSA) is 58.6 Å². The van der Waals surface area contributed by atoms with E-state index in [1.807, 2.05) is 48.5 Å². The Labute approximate surface area is 184 Å². The highest BCUT2D eigenvalue weighted by Gasteiger charge is 2.14. The van der Waals surface area contributed by atoms with Gasteiger partial charge in [0.15, 0.2) is 6.61 Å². The molecule has 154 valence electrons. The van der Waals surface area contributed by atoms with Gasteiger partial charge in [-0.25, -0.2) is 0 Å². The van der Waals surface area contributed by atoms with Gasteiger partial charge in [0.05, 0.1) is 4.47 Å². The molecule has 0 bridgehead atoms. The first-order valence-electron chi connectivity index (χ1n) is 9.62. The fourth-order valence-electron chi connectivity index (χ4n) is 2.91. The number of ether oxygens (including phenoxy) is 1. The van der Waals surface area contributed by atoms with E-state index in [-0.39, 0.29) is 18.4 Å². The van der Waals surface area contributed by atoms with Crippen LogP contribution in [0.2, 0.25) is 0 Å². The van der Waals surface area contributed by atoms with Gasteiger partial charge in [-0.2, -0.15) is 0 Å². The summed E-state index contributed by atoms with van der Waals surface area (Å²) in [6.45, 7) is 1.94. The van der Waals surface area contributed by atoms with Gasteiger partial charge < -0.3 is 15.0 Å². The maximum Gasteiger partial charge on any atom is 0.262 e. The van der Waals surface area contributed by atoms with E-state index in [9.17, 15) is 9.59 Å². The average Bonchev–Trinajstić information content (AvgIpc) is 2.78. The first-order chi connectivity index (χ1) is 14.5. The second-order valence-corrected chi connectivity index (χ2v) is 7.59.